The molecule has 6 nitrogen and oxygen atoms in total. The SMILES string of the molecule is CCOC(=O)c1[nH]c(C)c(CCC(=O)N2CCOCC2)c1C. The summed E-state index contributed by atoms with van der Waals surface area (Å²) < 4.78 is 10.3. The van der Waals surface area contributed by atoms with E-state index in [-0.39, 0.29) is 11.9 Å². The number of morpholine rings is 1. The first kappa shape index (κ1) is 16.5. The fourth-order valence-electron chi connectivity index (χ4n) is 2.77. The second-order valence-electron chi connectivity index (χ2n) is 5.44. The topological polar surface area (TPSA) is 71.6 Å². The lowest BCUT2D eigenvalue weighted by atomic mass is 10.0. The molecule has 0 spiro atoms. The Kier molecular flexibility index (Phi) is 5.60. The molecule has 2 rings (SSSR count). The van der Waals surface area contributed by atoms with Crippen LogP contribution in [0.2, 0.25) is 0 Å². The van der Waals surface area contributed by atoms with Gasteiger partial charge in [0.1, 0.15) is 5.69 Å². The number of esters is 1. The van der Waals surface area contributed by atoms with Gasteiger partial charge in [-0.05, 0) is 38.3 Å². The number of nitrogens with zero attached hydrogens (tertiary/aromatic N) is 1. The van der Waals surface area contributed by atoms with Gasteiger partial charge in [0.05, 0.1) is 19.8 Å². The Balaban J connectivity index is 2.00. The zero-order valence-corrected chi connectivity index (χ0v) is 13.5. The molecule has 22 heavy (non-hydrogen) atoms. The number of ether oxygens (including phenoxy) is 2. The highest BCUT2D eigenvalue weighted by atomic mass is 16.5. The quantitative estimate of drug-likeness (QED) is 0.839. The average molecular weight is 308 g/mol. The maximum absolute atomic E-state index is 12.2. The van der Waals surface area contributed by atoms with Crippen molar-refractivity contribution < 1.29 is 19.1 Å². The van der Waals surface area contributed by atoms with Crippen molar-refractivity contribution in [2.75, 3.05) is 32.9 Å². The van der Waals surface area contributed by atoms with Gasteiger partial charge in [0.2, 0.25) is 5.91 Å². The molecule has 2 heterocycles. The van der Waals surface area contributed by atoms with Gasteiger partial charge in [-0.2, -0.15) is 0 Å². The number of carbonyl (C=O) groups is 2. The van der Waals surface area contributed by atoms with E-state index >= 15 is 0 Å². The molecule has 1 aliphatic heterocycles. The van der Waals surface area contributed by atoms with Crippen LogP contribution in [0.5, 0.6) is 0 Å². The van der Waals surface area contributed by atoms with E-state index in [9.17, 15) is 9.59 Å². The number of aromatic amines is 1. The van der Waals surface area contributed by atoms with Crippen LogP contribution in [0.1, 0.15) is 40.7 Å². The molecule has 0 atom stereocenters. The first-order chi connectivity index (χ1) is 10.5. The molecule has 0 saturated carbocycles. The Morgan fingerprint density at radius 2 is 1.95 bits per heavy atom. The van der Waals surface area contributed by atoms with Crippen LogP contribution in [0.4, 0.5) is 0 Å². The van der Waals surface area contributed by atoms with Crippen LogP contribution in [0.15, 0.2) is 0 Å². The van der Waals surface area contributed by atoms with Crippen molar-refractivity contribution in [2.24, 2.45) is 0 Å². The Labute approximate surface area is 130 Å². The zero-order valence-electron chi connectivity index (χ0n) is 13.5. The van der Waals surface area contributed by atoms with Gasteiger partial charge in [-0.25, -0.2) is 4.79 Å². The number of aromatic nitrogens is 1. The lowest BCUT2D eigenvalue weighted by Crippen LogP contribution is -2.40. The molecule has 1 fully saturated rings. The number of aryl methyl sites for hydroxylation is 1. The molecule has 1 aliphatic rings. The summed E-state index contributed by atoms with van der Waals surface area (Å²) in [5.41, 5.74) is 3.33. The average Bonchev–Trinajstić information content (AvgIpc) is 2.81. The van der Waals surface area contributed by atoms with Crippen molar-refractivity contribution in [1.29, 1.82) is 0 Å². The van der Waals surface area contributed by atoms with E-state index < -0.39 is 0 Å². The van der Waals surface area contributed by atoms with Gasteiger partial charge < -0.3 is 19.4 Å². The Hall–Kier alpha value is -1.82. The summed E-state index contributed by atoms with van der Waals surface area (Å²) in [6.45, 7) is 8.50. The molecular formula is C16H24N2O4. The predicted molar refractivity (Wildman–Crippen MR) is 81.9 cm³/mol. The molecule has 0 unspecified atom stereocenters. The normalized spacial score (nSPS) is 15.0. The van der Waals surface area contributed by atoms with E-state index in [2.05, 4.69) is 4.98 Å². The first-order valence-electron chi connectivity index (χ1n) is 7.75. The van der Waals surface area contributed by atoms with Gasteiger partial charge in [-0.15, -0.1) is 0 Å². The third kappa shape index (κ3) is 3.68. The van der Waals surface area contributed by atoms with Gasteiger partial charge >= 0.3 is 5.97 Å². The summed E-state index contributed by atoms with van der Waals surface area (Å²) in [6.07, 6.45) is 1.07. The number of hydrogen-bond donors (Lipinski definition) is 1. The van der Waals surface area contributed by atoms with E-state index in [0.717, 1.165) is 16.8 Å². The summed E-state index contributed by atoms with van der Waals surface area (Å²) in [4.78, 5) is 29.0. The third-order valence-corrected chi connectivity index (χ3v) is 4.03. The van der Waals surface area contributed by atoms with Gasteiger partial charge in [0.15, 0.2) is 0 Å². The molecule has 1 N–H and O–H groups in total. The van der Waals surface area contributed by atoms with Crippen LogP contribution in [0.25, 0.3) is 0 Å². The lowest BCUT2D eigenvalue weighted by Gasteiger charge is -2.26. The number of rotatable bonds is 5. The molecule has 1 saturated heterocycles. The van der Waals surface area contributed by atoms with Crippen molar-refractivity contribution in [3.8, 4) is 0 Å². The third-order valence-electron chi connectivity index (χ3n) is 4.03. The van der Waals surface area contributed by atoms with Gasteiger partial charge in [0, 0.05) is 25.2 Å². The number of H-pyrrole nitrogens is 1. The van der Waals surface area contributed by atoms with E-state index in [1.54, 1.807) is 6.92 Å². The monoisotopic (exact) mass is 308 g/mol. The van der Waals surface area contributed by atoms with Crippen molar-refractivity contribution in [1.82, 2.24) is 9.88 Å². The summed E-state index contributed by atoms with van der Waals surface area (Å²) in [7, 11) is 0. The van der Waals surface area contributed by atoms with Crippen molar-refractivity contribution in [3.05, 3.63) is 22.5 Å². The minimum atomic E-state index is -0.339. The van der Waals surface area contributed by atoms with E-state index in [1.807, 2.05) is 18.7 Å². The molecule has 1 aromatic rings. The number of carbonyl (C=O) groups excluding carboxylic acids is 2. The standard InChI is InChI=1S/C16H24N2O4/c1-4-22-16(20)15-11(2)13(12(3)17-15)5-6-14(19)18-7-9-21-10-8-18/h17H,4-10H2,1-3H3. The van der Waals surface area contributed by atoms with Crippen molar-refractivity contribution in [3.63, 3.8) is 0 Å². The summed E-state index contributed by atoms with van der Waals surface area (Å²) in [5.74, 6) is -0.199. The second kappa shape index (κ2) is 7.45. The van der Waals surface area contributed by atoms with Crippen LogP contribution in [-0.4, -0.2) is 54.7 Å². The smallest absolute Gasteiger partial charge is 0.355 e. The Morgan fingerprint density at radius 1 is 1.27 bits per heavy atom. The molecule has 0 aliphatic carbocycles. The molecular weight excluding hydrogens is 284 g/mol. The lowest BCUT2D eigenvalue weighted by molar-refractivity contribution is -0.135. The highest BCUT2D eigenvalue weighted by Gasteiger charge is 2.21. The zero-order chi connectivity index (χ0) is 16.1. The molecule has 0 bridgehead atoms. The fourth-order valence-corrected chi connectivity index (χ4v) is 2.77. The van der Waals surface area contributed by atoms with E-state index in [4.69, 9.17) is 9.47 Å². The Morgan fingerprint density at radius 3 is 2.59 bits per heavy atom. The number of amides is 1. The molecule has 0 radical (unpaired) electrons. The van der Waals surface area contributed by atoms with E-state index in [0.29, 0.717) is 51.4 Å². The summed E-state index contributed by atoms with van der Waals surface area (Å²) in [5, 5.41) is 0. The van der Waals surface area contributed by atoms with Gasteiger partial charge in [-0.3, -0.25) is 4.79 Å². The number of nitrogens with one attached hydrogen (secondary N) is 1. The molecule has 1 amide bonds. The maximum atomic E-state index is 12.2. The van der Waals surface area contributed by atoms with E-state index in [1.165, 1.54) is 0 Å². The van der Waals surface area contributed by atoms with Gasteiger partial charge in [-0.1, -0.05) is 0 Å². The molecule has 0 aromatic carbocycles. The van der Waals surface area contributed by atoms with Crippen molar-refractivity contribution in [2.45, 2.75) is 33.6 Å². The summed E-state index contributed by atoms with van der Waals surface area (Å²) in [6, 6.07) is 0. The molecule has 122 valence electrons. The maximum Gasteiger partial charge on any atom is 0.355 e. The summed E-state index contributed by atoms with van der Waals surface area (Å²) >= 11 is 0. The van der Waals surface area contributed by atoms with Crippen LogP contribution in [-0.2, 0) is 20.7 Å². The highest BCUT2D eigenvalue weighted by Crippen LogP contribution is 2.20. The minimum Gasteiger partial charge on any atom is -0.461 e. The first-order valence-corrected chi connectivity index (χ1v) is 7.75. The van der Waals surface area contributed by atoms with Crippen LogP contribution in [0.3, 0.4) is 0 Å². The largest absolute Gasteiger partial charge is 0.461 e. The van der Waals surface area contributed by atoms with Crippen LogP contribution in [0, 0.1) is 13.8 Å². The van der Waals surface area contributed by atoms with Crippen molar-refractivity contribution >= 4 is 11.9 Å². The Bertz CT molecular complexity index is 545. The van der Waals surface area contributed by atoms with Gasteiger partial charge in [0.25, 0.3) is 0 Å². The predicted octanol–water partition coefficient (Wildman–Crippen LogP) is 1.60. The van der Waals surface area contributed by atoms with Crippen LogP contribution >= 0.6 is 0 Å². The number of hydrogen-bond acceptors (Lipinski definition) is 4. The fraction of sp³-hybridized carbons (Fsp3) is 0.625. The van der Waals surface area contributed by atoms with Crippen LogP contribution < -0.4 is 0 Å². The second-order valence-corrected chi connectivity index (χ2v) is 5.44. The minimum absolute atomic E-state index is 0.140. The highest BCUT2D eigenvalue weighted by molar-refractivity contribution is 5.90. The molecule has 1 aromatic heterocycles. The molecule has 6 heteroatoms.